The maximum absolute atomic E-state index is 14.0. The predicted molar refractivity (Wildman–Crippen MR) is 110 cm³/mol. The number of aryl methyl sites for hydroxylation is 3. The monoisotopic (exact) mass is 393 g/mol. The number of nitriles is 1. The molecule has 0 amide bonds. The van der Waals surface area contributed by atoms with E-state index in [0.717, 1.165) is 55.5 Å². The Morgan fingerprint density at radius 2 is 1.89 bits per heavy atom. The molecule has 5 nitrogen and oxygen atoms in total. The minimum atomic E-state index is -0.454. The largest absolute Gasteiger partial charge is 0.367 e. The third-order valence-corrected chi connectivity index (χ3v) is 6.87. The van der Waals surface area contributed by atoms with Crippen LogP contribution in [0.25, 0.3) is 10.2 Å². The second-order valence-electron chi connectivity index (χ2n) is 7.35. The first-order valence-corrected chi connectivity index (χ1v) is 10.4. The number of rotatable bonds is 2. The molecule has 2 aliphatic rings. The van der Waals surface area contributed by atoms with E-state index in [1.807, 2.05) is 30.4 Å². The first-order valence-electron chi connectivity index (χ1n) is 9.63. The van der Waals surface area contributed by atoms with Crippen molar-refractivity contribution < 1.29 is 4.39 Å². The van der Waals surface area contributed by atoms with Crippen molar-refractivity contribution in [3.63, 3.8) is 0 Å². The van der Waals surface area contributed by atoms with E-state index in [2.05, 4.69) is 14.8 Å². The van der Waals surface area contributed by atoms with Crippen LogP contribution in [0.1, 0.15) is 28.2 Å². The van der Waals surface area contributed by atoms with Crippen LogP contribution in [-0.4, -0.2) is 36.1 Å². The van der Waals surface area contributed by atoms with Crippen LogP contribution in [0.15, 0.2) is 18.2 Å². The third kappa shape index (κ3) is 2.71. The van der Waals surface area contributed by atoms with Gasteiger partial charge in [-0.05, 0) is 43.9 Å². The zero-order chi connectivity index (χ0) is 19.3. The van der Waals surface area contributed by atoms with E-state index in [1.165, 1.54) is 28.3 Å². The molecule has 1 saturated heterocycles. The van der Waals surface area contributed by atoms with E-state index in [0.29, 0.717) is 5.69 Å². The van der Waals surface area contributed by atoms with Crippen molar-refractivity contribution in [1.29, 1.82) is 5.26 Å². The Bertz CT molecular complexity index is 1110. The number of fused-ring (bicyclic) bond motifs is 3. The fourth-order valence-corrected chi connectivity index (χ4v) is 5.66. The molecule has 0 unspecified atom stereocenters. The summed E-state index contributed by atoms with van der Waals surface area (Å²) in [7, 11) is 0. The fourth-order valence-electron chi connectivity index (χ4n) is 4.36. The fraction of sp³-hybridized carbons (Fsp3) is 0.381. The van der Waals surface area contributed by atoms with Crippen LogP contribution < -0.4 is 9.80 Å². The first-order chi connectivity index (χ1) is 13.7. The zero-order valence-corrected chi connectivity index (χ0v) is 16.5. The molecule has 5 rings (SSSR count). The van der Waals surface area contributed by atoms with Crippen LogP contribution in [0.4, 0.5) is 15.9 Å². The molecule has 3 heterocycles. The SMILES string of the molecule is Cc1nc(N2CCN(c3cccc(F)c3C#N)CC2)c2c3c(sc2n1)CCC3. The maximum Gasteiger partial charge on any atom is 0.143 e. The number of anilines is 2. The van der Waals surface area contributed by atoms with Crippen molar-refractivity contribution in [1.82, 2.24) is 9.97 Å². The Kier molecular flexibility index (Phi) is 4.17. The minimum Gasteiger partial charge on any atom is -0.367 e. The highest BCUT2D eigenvalue weighted by atomic mass is 32.1. The van der Waals surface area contributed by atoms with Gasteiger partial charge in [0.25, 0.3) is 0 Å². The van der Waals surface area contributed by atoms with Crippen LogP contribution in [0, 0.1) is 24.1 Å². The summed E-state index contributed by atoms with van der Waals surface area (Å²) in [6.45, 7) is 5.00. The lowest BCUT2D eigenvalue weighted by Gasteiger charge is -2.37. The lowest BCUT2D eigenvalue weighted by molar-refractivity contribution is 0.615. The van der Waals surface area contributed by atoms with E-state index in [9.17, 15) is 9.65 Å². The van der Waals surface area contributed by atoms with Crippen molar-refractivity contribution in [2.45, 2.75) is 26.2 Å². The molecule has 1 fully saturated rings. The molecule has 0 spiro atoms. The summed E-state index contributed by atoms with van der Waals surface area (Å²) < 4.78 is 14.0. The van der Waals surface area contributed by atoms with Gasteiger partial charge in [0.1, 0.15) is 33.9 Å². The average molecular weight is 393 g/mol. The quantitative estimate of drug-likeness (QED) is 0.662. The van der Waals surface area contributed by atoms with Gasteiger partial charge in [0.05, 0.1) is 11.1 Å². The van der Waals surface area contributed by atoms with Gasteiger partial charge in [-0.3, -0.25) is 0 Å². The van der Waals surface area contributed by atoms with Crippen LogP contribution in [0.3, 0.4) is 0 Å². The first kappa shape index (κ1) is 17.4. The summed E-state index contributed by atoms with van der Waals surface area (Å²) in [5, 5.41) is 10.6. The van der Waals surface area contributed by atoms with Crippen LogP contribution in [-0.2, 0) is 12.8 Å². The van der Waals surface area contributed by atoms with E-state index < -0.39 is 5.82 Å². The third-order valence-electron chi connectivity index (χ3n) is 5.68. The molecule has 3 aromatic rings. The number of hydrogen-bond acceptors (Lipinski definition) is 6. The topological polar surface area (TPSA) is 56.1 Å². The van der Waals surface area contributed by atoms with Crippen LogP contribution in [0.2, 0.25) is 0 Å². The van der Waals surface area contributed by atoms with Crippen molar-refractivity contribution in [2.24, 2.45) is 0 Å². The molecule has 28 heavy (non-hydrogen) atoms. The van der Waals surface area contributed by atoms with Gasteiger partial charge in [-0.1, -0.05) is 6.07 Å². The molecule has 1 aliphatic heterocycles. The Hall–Kier alpha value is -2.72. The lowest BCUT2D eigenvalue weighted by atomic mass is 10.1. The number of hydrogen-bond donors (Lipinski definition) is 0. The highest BCUT2D eigenvalue weighted by molar-refractivity contribution is 7.19. The van der Waals surface area contributed by atoms with Crippen molar-refractivity contribution >= 4 is 33.1 Å². The number of piperazine rings is 1. The molecule has 0 N–H and O–H groups in total. The molecule has 0 saturated carbocycles. The molecular weight excluding hydrogens is 373 g/mol. The van der Waals surface area contributed by atoms with Crippen molar-refractivity contribution in [2.75, 3.05) is 36.0 Å². The Labute approximate surface area is 167 Å². The van der Waals surface area contributed by atoms with E-state index in [-0.39, 0.29) is 5.56 Å². The zero-order valence-electron chi connectivity index (χ0n) is 15.7. The molecule has 0 atom stereocenters. The second kappa shape index (κ2) is 6.71. The summed E-state index contributed by atoms with van der Waals surface area (Å²) in [6.07, 6.45) is 3.48. The highest BCUT2D eigenvalue weighted by Gasteiger charge is 2.27. The molecule has 0 radical (unpaired) electrons. The molecule has 7 heteroatoms. The van der Waals surface area contributed by atoms with E-state index >= 15 is 0 Å². The molecule has 1 aromatic carbocycles. The Balaban J connectivity index is 1.46. The highest BCUT2D eigenvalue weighted by Crippen LogP contribution is 2.40. The summed E-state index contributed by atoms with van der Waals surface area (Å²) in [4.78, 5) is 16.5. The summed E-state index contributed by atoms with van der Waals surface area (Å²) >= 11 is 1.82. The summed E-state index contributed by atoms with van der Waals surface area (Å²) in [5.41, 5.74) is 2.25. The Morgan fingerprint density at radius 3 is 2.68 bits per heavy atom. The smallest absolute Gasteiger partial charge is 0.143 e. The van der Waals surface area contributed by atoms with Gasteiger partial charge in [0.15, 0.2) is 0 Å². The maximum atomic E-state index is 14.0. The number of aromatic nitrogens is 2. The summed E-state index contributed by atoms with van der Waals surface area (Å²) in [6, 6.07) is 6.85. The number of nitrogens with zero attached hydrogens (tertiary/aromatic N) is 5. The minimum absolute atomic E-state index is 0.131. The number of thiophene rings is 1. The second-order valence-corrected chi connectivity index (χ2v) is 8.44. The van der Waals surface area contributed by atoms with E-state index in [4.69, 9.17) is 4.98 Å². The molecular formula is C21H20FN5S. The predicted octanol–water partition coefficient (Wildman–Crippen LogP) is 3.83. The van der Waals surface area contributed by atoms with Crippen LogP contribution in [0.5, 0.6) is 0 Å². The standard InChI is InChI=1S/C21H20FN5S/c1-13-24-20(19-14-4-2-7-18(14)28-21(19)25-13)27-10-8-26(9-11-27)17-6-3-5-16(22)15(17)12-23/h3,5-6H,2,4,7-11H2,1H3. The number of benzene rings is 1. The summed E-state index contributed by atoms with van der Waals surface area (Å²) in [5.74, 6) is 1.40. The van der Waals surface area contributed by atoms with Gasteiger partial charge >= 0.3 is 0 Å². The molecule has 1 aliphatic carbocycles. The van der Waals surface area contributed by atoms with Crippen molar-refractivity contribution in [3.05, 3.63) is 45.8 Å². The average Bonchev–Trinajstić information content (AvgIpc) is 3.28. The molecule has 0 bridgehead atoms. The Morgan fingerprint density at radius 1 is 1.11 bits per heavy atom. The van der Waals surface area contributed by atoms with Crippen LogP contribution >= 0.6 is 11.3 Å². The van der Waals surface area contributed by atoms with E-state index in [1.54, 1.807) is 6.07 Å². The lowest BCUT2D eigenvalue weighted by Crippen LogP contribution is -2.47. The van der Waals surface area contributed by atoms with Gasteiger partial charge in [-0.2, -0.15) is 5.26 Å². The number of halogens is 1. The van der Waals surface area contributed by atoms with Crippen molar-refractivity contribution in [3.8, 4) is 6.07 Å². The molecule has 142 valence electrons. The molecule has 2 aromatic heterocycles. The van der Waals surface area contributed by atoms with Gasteiger partial charge in [-0.15, -0.1) is 11.3 Å². The normalized spacial score (nSPS) is 16.5. The van der Waals surface area contributed by atoms with Gasteiger partial charge in [0, 0.05) is 31.1 Å². The van der Waals surface area contributed by atoms with Gasteiger partial charge in [-0.25, -0.2) is 14.4 Å². The van der Waals surface area contributed by atoms with Gasteiger partial charge in [0.2, 0.25) is 0 Å². The van der Waals surface area contributed by atoms with Gasteiger partial charge < -0.3 is 9.80 Å².